The van der Waals surface area contributed by atoms with E-state index in [1.807, 2.05) is 11.8 Å². The highest BCUT2D eigenvalue weighted by Crippen LogP contribution is 2.42. The summed E-state index contributed by atoms with van der Waals surface area (Å²) in [6.07, 6.45) is 2.27. The minimum atomic E-state index is 0.242. The number of hydrogen-bond acceptors (Lipinski definition) is 3. The van der Waals surface area contributed by atoms with E-state index < -0.39 is 0 Å². The van der Waals surface area contributed by atoms with Crippen LogP contribution in [0.1, 0.15) is 37.8 Å². The van der Waals surface area contributed by atoms with E-state index in [2.05, 4.69) is 81.6 Å². The summed E-state index contributed by atoms with van der Waals surface area (Å²) in [6.45, 7) is 8.91. The maximum absolute atomic E-state index is 5.05. The van der Waals surface area contributed by atoms with Crippen molar-refractivity contribution >= 4 is 34.3 Å². The number of thioether (sulfide) groups is 2. The number of benzene rings is 2. The average Bonchev–Trinajstić information content (AvgIpc) is 2.57. The molecule has 1 heterocycles. The highest BCUT2D eigenvalue weighted by Gasteiger charge is 2.29. The van der Waals surface area contributed by atoms with Gasteiger partial charge >= 0.3 is 0 Å². The normalized spacial score (nSPS) is 20.2. The molecule has 0 spiro atoms. The van der Waals surface area contributed by atoms with Gasteiger partial charge in [-0.1, -0.05) is 73.3 Å². The second-order valence-electron chi connectivity index (χ2n) is 7.14. The summed E-state index contributed by atoms with van der Waals surface area (Å²) in [7, 11) is 0. The van der Waals surface area contributed by atoms with Crippen molar-refractivity contribution < 1.29 is 0 Å². The first-order valence-corrected chi connectivity index (χ1v) is 10.4. The van der Waals surface area contributed by atoms with E-state index in [0.717, 1.165) is 12.1 Å². The molecule has 0 aromatic heterocycles. The van der Waals surface area contributed by atoms with Crippen molar-refractivity contribution in [1.82, 2.24) is 0 Å². The summed E-state index contributed by atoms with van der Waals surface area (Å²) in [4.78, 5) is 6.32. The molecule has 3 heteroatoms. The van der Waals surface area contributed by atoms with Crippen LogP contribution >= 0.6 is 23.5 Å². The average molecular weight is 368 g/mol. The summed E-state index contributed by atoms with van der Waals surface area (Å²) >= 11 is 3.70. The lowest BCUT2D eigenvalue weighted by Crippen LogP contribution is -2.24. The summed E-state index contributed by atoms with van der Waals surface area (Å²) < 4.78 is 0.242. The van der Waals surface area contributed by atoms with Gasteiger partial charge in [-0.2, -0.15) is 0 Å². The number of aliphatic imine (C=N–C) groups is 1. The Balaban J connectivity index is 1.91. The molecule has 2 aromatic carbocycles. The highest BCUT2D eigenvalue weighted by atomic mass is 32.2. The van der Waals surface area contributed by atoms with E-state index in [1.165, 1.54) is 33.1 Å². The molecule has 0 radical (unpaired) electrons. The highest BCUT2D eigenvalue weighted by molar-refractivity contribution is 8.15. The Bertz CT molecular complexity index is 804. The first-order valence-electron chi connectivity index (χ1n) is 8.69. The van der Waals surface area contributed by atoms with Crippen LogP contribution in [0.4, 0.5) is 5.69 Å². The third-order valence-electron chi connectivity index (χ3n) is 4.30. The molecule has 3 rings (SSSR count). The molecule has 130 valence electrons. The first kappa shape index (κ1) is 18.3. The van der Waals surface area contributed by atoms with E-state index in [9.17, 15) is 0 Å². The molecular weight excluding hydrogens is 342 g/mol. The standard InChI is InChI=1S/C22H25NS2/c1-16-10-11-20(17(2)14-16)23-21-18(12-13-22(3,4)25-21)15-24-19-8-6-5-7-9-19/h5-11,14-15H,12-13H2,1-4H3. The second kappa shape index (κ2) is 7.84. The molecular formula is C22H25NS2. The molecule has 0 N–H and O–H groups in total. The van der Waals surface area contributed by atoms with Crippen LogP contribution in [0.25, 0.3) is 0 Å². The minimum absolute atomic E-state index is 0.242. The second-order valence-corrected chi connectivity index (χ2v) is 9.78. The summed E-state index contributed by atoms with van der Waals surface area (Å²) in [6, 6.07) is 17.0. The quantitative estimate of drug-likeness (QED) is 0.527. The van der Waals surface area contributed by atoms with Crippen molar-refractivity contribution in [1.29, 1.82) is 0 Å². The topological polar surface area (TPSA) is 12.4 Å². The number of hydrogen-bond donors (Lipinski definition) is 0. The Labute approximate surface area is 160 Å². The zero-order valence-corrected chi connectivity index (χ0v) is 17.0. The van der Waals surface area contributed by atoms with Gasteiger partial charge in [0.1, 0.15) is 5.04 Å². The molecule has 1 fully saturated rings. The molecule has 2 aromatic rings. The third-order valence-corrected chi connectivity index (χ3v) is 6.55. The van der Waals surface area contributed by atoms with Crippen LogP contribution in [0.3, 0.4) is 0 Å². The van der Waals surface area contributed by atoms with E-state index in [4.69, 9.17) is 4.99 Å². The molecule has 1 saturated heterocycles. The van der Waals surface area contributed by atoms with Gasteiger partial charge in [0, 0.05) is 9.64 Å². The molecule has 25 heavy (non-hydrogen) atoms. The van der Waals surface area contributed by atoms with Crippen molar-refractivity contribution in [2.45, 2.75) is 50.2 Å². The zero-order valence-electron chi connectivity index (χ0n) is 15.4. The summed E-state index contributed by atoms with van der Waals surface area (Å²) in [5, 5.41) is 3.46. The van der Waals surface area contributed by atoms with E-state index in [-0.39, 0.29) is 4.75 Å². The SMILES string of the molecule is Cc1ccc(N=C2SC(C)(C)CCC2=CSc2ccccc2)c(C)c1. The lowest BCUT2D eigenvalue weighted by Gasteiger charge is -2.31. The maximum Gasteiger partial charge on any atom is 0.101 e. The Morgan fingerprint density at radius 3 is 2.56 bits per heavy atom. The van der Waals surface area contributed by atoms with Gasteiger partial charge in [0.15, 0.2) is 0 Å². The van der Waals surface area contributed by atoms with Crippen molar-refractivity contribution in [2.75, 3.05) is 0 Å². The fourth-order valence-electron chi connectivity index (χ4n) is 2.80. The zero-order chi connectivity index (χ0) is 17.9. The van der Waals surface area contributed by atoms with Gasteiger partial charge in [-0.3, -0.25) is 0 Å². The molecule has 1 aliphatic rings. The van der Waals surface area contributed by atoms with Gasteiger partial charge in [-0.15, -0.1) is 0 Å². The van der Waals surface area contributed by atoms with Gasteiger partial charge in [0.25, 0.3) is 0 Å². The third kappa shape index (κ3) is 5.02. The Morgan fingerprint density at radius 2 is 1.84 bits per heavy atom. The van der Waals surface area contributed by atoms with E-state index in [1.54, 1.807) is 11.8 Å². The summed E-state index contributed by atoms with van der Waals surface area (Å²) in [5.41, 5.74) is 4.97. The van der Waals surface area contributed by atoms with E-state index >= 15 is 0 Å². The molecule has 1 aliphatic heterocycles. The fraction of sp³-hybridized carbons (Fsp3) is 0.318. The minimum Gasteiger partial charge on any atom is -0.242 e. The lowest BCUT2D eigenvalue weighted by molar-refractivity contribution is 0.640. The van der Waals surface area contributed by atoms with Crippen molar-refractivity contribution in [2.24, 2.45) is 4.99 Å². The lowest BCUT2D eigenvalue weighted by atomic mass is 10.0. The van der Waals surface area contributed by atoms with Gasteiger partial charge in [0.05, 0.1) is 5.69 Å². The Kier molecular flexibility index (Phi) is 5.75. The number of aryl methyl sites for hydroxylation is 2. The molecule has 0 atom stereocenters. The van der Waals surface area contributed by atoms with Crippen LogP contribution in [-0.4, -0.2) is 9.79 Å². The van der Waals surface area contributed by atoms with Crippen LogP contribution in [0, 0.1) is 13.8 Å². The largest absolute Gasteiger partial charge is 0.242 e. The Hall–Kier alpha value is -1.45. The van der Waals surface area contributed by atoms with Gasteiger partial charge < -0.3 is 0 Å². The van der Waals surface area contributed by atoms with Gasteiger partial charge in [-0.25, -0.2) is 4.99 Å². The Morgan fingerprint density at radius 1 is 1.08 bits per heavy atom. The molecule has 1 nitrogen and oxygen atoms in total. The van der Waals surface area contributed by atoms with Crippen molar-refractivity contribution in [3.05, 3.63) is 70.6 Å². The van der Waals surface area contributed by atoms with Crippen molar-refractivity contribution in [3.63, 3.8) is 0 Å². The van der Waals surface area contributed by atoms with Gasteiger partial charge in [-0.05, 0) is 61.4 Å². The maximum atomic E-state index is 5.05. The predicted molar refractivity (Wildman–Crippen MR) is 114 cm³/mol. The molecule has 0 saturated carbocycles. The monoisotopic (exact) mass is 367 g/mol. The summed E-state index contributed by atoms with van der Waals surface area (Å²) in [5.74, 6) is 0. The molecule has 0 aliphatic carbocycles. The van der Waals surface area contributed by atoms with Crippen LogP contribution in [0.2, 0.25) is 0 Å². The van der Waals surface area contributed by atoms with Crippen molar-refractivity contribution in [3.8, 4) is 0 Å². The molecule has 0 unspecified atom stereocenters. The van der Waals surface area contributed by atoms with Gasteiger partial charge in [0.2, 0.25) is 0 Å². The van der Waals surface area contributed by atoms with Crippen LogP contribution in [-0.2, 0) is 0 Å². The predicted octanol–water partition coefficient (Wildman–Crippen LogP) is 7.32. The smallest absolute Gasteiger partial charge is 0.101 e. The van der Waals surface area contributed by atoms with E-state index in [0.29, 0.717) is 0 Å². The number of nitrogens with zero attached hydrogens (tertiary/aromatic N) is 1. The molecule has 0 amide bonds. The van der Waals surface area contributed by atoms with Crippen LogP contribution in [0.5, 0.6) is 0 Å². The first-order chi connectivity index (χ1) is 11.9. The molecule has 0 bridgehead atoms. The number of rotatable bonds is 3. The fourth-order valence-corrected chi connectivity index (χ4v) is 4.86. The van der Waals surface area contributed by atoms with Crippen LogP contribution in [0.15, 0.2) is 69.4 Å². The van der Waals surface area contributed by atoms with Crippen LogP contribution < -0.4 is 0 Å².